The van der Waals surface area contributed by atoms with Crippen LogP contribution in [-0.4, -0.2) is 74.7 Å². The van der Waals surface area contributed by atoms with E-state index >= 15 is 0 Å². The summed E-state index contributed by atoms with van der Waals surface area (Å²) in [6.07, 6.45) is 0.944. The van der Waals surface area contributed by atoms with E-state index in [1.165, 1.54) is 4.90 Å². The van der Waals surface area contributed by atoms with Gasteiger partial charge in [0.1, 0.15) is 6.54 Å². The molecular formula is C16H14N4O9S. The van der Waals surface area contributed by atoms with Crippen molar-refractivity contribution in [3.8, 4) is 5.75 Å². The second-order valence-electron chi connectivity index (χ2n) is 6.18. The van der Waals surface area contributed by atoms with Crippen molar-refractivity contribution in [3.63, 3.8) is 0 Å². The molecule has 1 N–H and O–H groups in total. The summed E-state index contributed by atoms with van der Waals surface area (Å²) in [4.78, 5) is 59.1. The van der Waals surface area contributed by atoms with Crippen LogP contribution >= 0.6 is 11.8 Å². The van der Waals surface area contributed by atoms with Gasteiger partial charge in [-0.05, 0) is 17.8 Å². The minimum absolute atomic E-state index is 0.236. The van der Waals surface area contributed by atoms with Gasteiger partial charge in [0, 0.05) is 24.7 Å². The molecule has 2 saturated heterocycles. The van der Waals surface area contributed by atoms with Crippen molar-refractivity contribution in [2.24, 2.45) is 0 Å². The van der Waals surface area contributed by atoms with Gasteiger partial charge in [0.25, 0.3) is 16.8 Å². The fraction of sp³-hybridized carbons (Fsp3) is 0.312. The molecule has 30 heavy (non-hydrogen) atoms. The first-order valence-corrected chi connectivity index (χ1v) is 9.27. The summed E-state index contributed by atoms with van der Waals surface area (Å²) in [5, 5.41) is 31.4. The summed E-state index contributed by atoms with van der Waals surface area (Å²) in [5.74, 6) is -2.18. The number of aromatic hydroxyl groups is 1. The Morgan fingerprint density at radius 2 is 1.87 bits per heavy atom. The van der Waals surface area contributed by atoms with Crippen LogP contribution in [0.5, 0.6) is 5.75 Å². The maximum atomic E-state index is 12.6. The fourth-order valence-electron chi connectivity index (χ4n) is 2.81. The normalized spacial score (nSPS) is 18.2. The third-order valence-corrected chi connectivity index (χ3v) is 5.24. The van der Waals surface area contributed by atoms with E-state index in [0.717, 1.165) is 12.1 Å². The molecule has 14 heteroatoms. The number of amides is 3. The number of benzene rings is 1. The number of hydrogen-bond donors (Lipinski definition) is 1. The summed E-state index contributed by atoms with van der Waals surface area (Å²) in [6, 6.07) is 1.43. The van der Waals surface area contributed by atoms with E-state index < -0.39 is 50.6 Å². The predicted octanol–water partition coefficient (Wildman–Crippen LogP) is 1.10. The Bertz CT molecular complexity index is 987. The fourth-order valence-corrected chi connectivity index (χ4v) is 3.63. The summed E-state index contributed by atoms with van der Waals surface area (Å²) in [5.41, 5.74) is -1.97. The van der Waals surface area contributed by atoms with Crippen LogP contribution in [0.2, 0.25) is 0 Å². The Morgan fingerprint density at radius 1 is 1.20 bits per heavy atom. The van der Waals surface area contributed by atoms with E-state index in [9.17, 15) is 39.7 Å². The molecule has 13 nitrogen and oxygen atoms in total. The van der Waals surface area contributed by atoms with Gasteiger partial charge in [-0.1, -0.05) is 0 Å². The Kier molecular flexibility index (Phi) is 5.98. The van der Waals surface area contributed by atoms with E-state index in [1.54, 1.807) is 0 Å². The van der Waals surface area contributed by atoms with Gasteiger partial charge in [-0.3, -0.25) is 39.5 Å². The van der Waals surface area contributed by atoms with E-state index in [-0.39, 0.29) is 10.5 Å². The zero-order chi connectivity index (χ0) is 22.0. The lowest BCUT2D eigenvalue weighted by molar-refractivity contribution is -0.394. The molecule has 3 amide bonds. The third-order valence-electron chi connectivity index (χ3n) is 4.33. The average Bonchev–Trinajstić information content (AvgIpc) is 2.97. The van der Waals surface area contributed by atoms with Crippen LogP contribution in [0.3, 0.4) is 0 Å². The number of hydrogen-bond acceptors (Lipinski definition) is 10. The highest BCUT2D eigenvalue weighted by molar-refractivity contribution is 8.18. The number of morpholine rings is 1. The monoisotopic (exact) mass is 438 g/mol. The van der Waals surface area contributed by atoms with Gasteiger partial charge in [0.05, 0.1) is 34.0 Å². The summed E-state index contributed by atoms with van der Waals surface area (Å²) >= 11 is 0.455. The Balaban J connectivity index is 1.87. The molecule has 0 saturated carbocycles. The Morgan fingerprint density at radius 3 is 2.47 bits per heavy atom. The van der Waals surface area contributed by atoms with Crippen LogP contribution in [0, 0.1) is 20.2 Å². The number of nitro groups is 2. The standard InChI is InChI=1S/C16H14N4O9S/c21-13(17-1-3-29-4-2-17)8-18-15(23)12(30-16(18)24)6-9-5-10(19(25)26)7-11(14(9)22)20(27)28/h5-7,22H,1-4,8H2/b12-6+. The summed E-state index contributed by atoms with van der Waals surface area (Å²) in [7, 11) is 0. The molecular weight excluding hydrogens is 424 g/mol. The summed E-state index contributed by atoms with van der Waals surface area (Å²) in [6.45, 7) is 0.853. The number of nitrogens with zero attached hydrogens (tertiary/aromatic N) is 4. The number of carbonyl (C=O) groups excluding carboxylic acids is 3. The van der Waals surface area contributed by atoms with Gasteiger partial charge in [0.15, 0.2) is 0 Å². The van der Waals surface area contributed by atoms with E-state index in [4.69, 9.17) is 4.74 Å². The maximum Gasteiger partial charge on any atom is 0.318 e. The van der Waals surface area contributed by atoms with Gasteiger partial charge in [-0.25, -0.2) is 0 Å². The van der Waals surface area contributed by atoms with E-state index in [0.29, 0.717) is 49.0 Å². The minimum atomic E-state index is -1.01. The second kappa shape index (κ2) is 8.46. The molecule has 2 aliphatic heterocycles. The van der Waals surface area contributed by atoms with Gasteiger partial charge in [-0.2, -0.15) is 0 Å². The van der Waals surface area contributed by atoms with Crippen molar-refractivity contribution >= 4 is 46.3 Å². The lowest BCUT2D eigenvalue weighted by atomic mass is 10.1. The molecule has 0 radical (unpaired) electrons. The Labute approximate surface area is 172 Å². The topological polar surface area (TPSA) is 173 Å². The lowest BCUT2D eigenvalue weighted by Crippen LogP contribution is -2.46. The zero-order valence-corrected chi connectivity index (χ0v) is 16.0. The van der Waals surface area contributed by atoms with Crippen LogP contribution in [0.1, 0.15) is 5.56 Å². The quantitative estimate of drug-likeness (QED) is 0.398. The number of carbonyl (C=O) groups is 3. The van der Waals surface area contributed by atoms with Crippen LogP contribution < -0.4 is 0 Å². The molecule has 0 aromatic heterocycles. The molecule has 1 aromatic carbocycles. The first kappa shape index (κ1) is 21.2. The number of phenolic OH excluding ortho intramolecular Hbond substituents is 1. The molecule has 2 fully saturated rings. The molecule has 0 atom stereocenters. The van der Waals surface area contributed by atoms with Crippen molar-refractivity contribution < 1.29 is 34.1 Å². The second-order valence-corrected chi connectivity index (χ2v) is 7.17. The van der Waals surface area contributed by atoms with Crippen molar-refractivity contribution in [3.05, 3.63) is 42.8 Å². The summed E-state index contributed by atoms with van der Waals surface area (Å²) < 4.78 is 5.14. The molecule has 0 unspecified atom stereocenters. The molecule has 0 bridgehead atoms. The van der Waals surface area contributed by atoms with Crippen LogP contribution in [0.25, 0.3) is 6.08 Å². The van der Waals surface area contributed by atoms with Crippen LogP contribution in [0.15, 0.2) is 17.0 Å². The van der Waals surface area contributed by atoms with E-state index in [1.807, 2.05) is 0 Å². The van der Waals surface area contributed by atoms with Crippen LogP contribution in [-0.2, 0) is 14.3 Å². The van der Waals surface area contributed by atoms with Crippen molar-refractivity contribution in [1.29, 1.82) is 0 Å². The number of ether oxygens (including phenoxy) is 1. The Hall–Kier alpha value is -3.52. The van der Waals surface area contributed by atoms with Gasteiger partial charge in [-0.15, -0.1) is 0 Å². The number of rotatable bonds is 5. The SMILES string of the molecule is O=C(CN1C(=O)S/C(=C/c2cc([N+](=O)[O-])cc([N+](=O)[O-])c2O)C1=O)N1CCOCC1. The number of imide groups is 1. The molecule has 158 valence electrons. The van der Waals surface area contributed by atoms with Crippen molar-refractivity contribution in [1.82, 2.24) is 9.80 Å². The van der Waals surface area contributed by atoms with Gasteiger partial charge < -0.3 is 14.7 Å². The van der Waals surface area contributed by atoms with Crippen molar-refractivity contribution in [2.45, 2.75) is 0 Å². The molecule has 0 aliphatic carbocycles. The predicted molar refractivity (Wildman–Crippen MR) is 101 cm³/mol. The lowest BCUT2D eigenvalue weighted by Gasteiger charge is -2.28. The number of phenols is 1. The minimum Gasteiger partial charge on any atom is -0.502 e. The molecule has 0 spiro atoms. The van der Waals surface area contributed by atoms with Gasteiger partial charge >= 0.3 is 5.69 Å². The average molecular weight is 438 g/mol. The number of nitro benzene ring substituents is 2. The largest absolute Gasteiger partial charge is 0.502 e. The molecule has 1 aromatic rings. The molecule has 3 rings (SSSR count). The smallest absolute Gasteiger partial charge is 0.318 e. The third kappa shape index (κ3) is 4.23. The highest BCUT2D eigenvalue weighted by atomic mass is 32.2. The first-order valence-electron chi connectivity index (χ1n) is 8.45. The number of thioether (sulfide) groups is 1. The highest BCUT2D eigenvalue weighted by Gasteiger charge is 2.38. The zero-order valence-electron chi connectivity index (χ0n) is 15.2. The highest BCUT2D eigenvalue weighted by Crippen LogP contribution is 2.39. The van der Waals surface area contributed by atoms with Crippen LogP contribution in [0.4, 0.5) is 16.2 Å². The maximum absolute atomic E-state index is 12.6. The molecule has 2 heterocycles. The molecule has 2 aliphatic rings. The van der Waals surface area contributed by atoms with E-state index in [2.05, 4.69) is 0 Å². The van der Waals surface area contributed by atoms with Crippen molar-refractivity contribution in [2.75, 3.05) is 32.8 Å². The van der Waals surface area contributed by atoms with Gasteiger partial charge in [0.2, 0.25) is 11.7 Å². The number of non-ortho nitro benzene ring substituents is 1. The first-order chi connectivity index (χ1) is 14.2.